The number of rotatable bonds is 6. The topological polar surface area (TPSA) is 41.3 Å². The van der Waals surface area contributed by atoms with Crippen LogP contribution in [0.1, 0.15) is 32.5 Å². The van der Waals surface area contributed by atoms with Gasteiger partial charge in [-0.2, -0.15) is 0 Å². The molecule has 0 amide bonds. The zero-order valence-corrected chi connectivity index (χ0v) is 11.6. The van der Waals surface area contributed by atoms with Gasteiger partial charge in [0.15, 0.2) is 0 Å². The average Bonchev–Trinajstić information content (AvgIpc) is 2.66. The smallest absolute Gasteiger partial charge is 0.111 e. The molecule has 0 aliphatic carbocycles. The van der Waals surface area contributed by atoms with E-state index in [4.69, 9.17) is 0 Å². The van der Waals surface area contributed by atoms with Gasteiger partial charge in [0, 0.05) is 31.4 Å². The number of aliphatic hydroxyl groups excluding tert-OH is 1. The Bertz CT molecular complexity index is 342. The second-order valence-corrected chi connectivity index (χ2v) is 4.88. The highest BCUT2D eigenvalue weighted by Gasteiger charge is 2.37. The number of hydrogen-bond acceptors (Lipinski definition) is 3. The molecule has 98 valence electrons. The van der Waals surface area contributed by atoms with Crippen LogP contribution < -0.4 is 0 Å². The van der Waals surface area contributed by atoms with E-state index in [0.717, 1.165) is 18.7 Å². The van der Waals surface area contributed by atoms with Gasteiger partial charge in [-0.1, -0.05) is 13.8 Å². The van der Waals surface area contributed by atoms with Crippen LogP contribution in [0.15, 0.2) is 12.4 Å². The molecule has 1 heterocycles. The highest BCUT2D eigenvalue weighted by atomic mass is 16.3. The summed E-state index contributed by atoms with van der Waals surface area (Å²) in [6, 6.07) is 0. The third kappa shape index (κ3) is 2.69. The summed E-state index contributed by atoms with van der Waals surface area (Å²) in [5.41, 5.74) is -0.161. The summed E-state index contributed by atoms with van der Waals surface area (Å²) >= 11 is 0. The Kier molecular flexibility index (Phi) is 4.71. The Morgan fingerprint density at radius 1 is 1.41 bits per heavy atom. The molecule has 4 heteroatoms. The number of aryl methyl sites for hydroxylation is 1. The van der Waals surface area contributed by atoms with Crippen molar-refractivity contribution in [2.75, 3.05) is 14.1 Å². The fraction of sp³-hybridized carbons (Fsp3) is 0.769. The second-order valence-electron chi connectivity index (χ2n) is 4.88. The van der Waals surface area contributed by atoms with Crippen LogP contribution in [-0.4, -0.2) is 45.3 Å². The van der Waals surface area contributed by atoms with E-state index in [9.17, 15) is 5.11 Å². The Morgan fingerprint density at radius 2 is 2.00 bits per heavy atom. The largest absolute Gasteiger partial charge is 0.391 e. The molecule has 1 N–H and O–H groups in total. The van der Waals surface area contributed by atoms with Gasteiger partial charge in [-0.25, -0.2) is 4.98 Å². The Balaban J connectivity index is 2.86. The molecule has 0 bridgehead atoms. The molecule has 0 aliphatic rings. The molecule has 0 spiro atoms. The molecule has 17 heavy (non-hydrogen) atoms. The van der Waals surface area contributed by atoms with Crippen molar-refractivity contribution in [1.29, 1.82) is 0 Å². The molecule has 0 aliphatic heterocycles. The quantitative estimate of drug-likeness (QED) is 0.817. The van der Waals surface area contributed by atoms with Gasteiger partial charge < -0.3 is 14.6 Å². The minimum atomic E-state index is -0.395. The first-order chi connectivity index (χ1) is 7.97. The van der Waals surface area contributed by atoms with Crippen LogP contribution in [0.4, 0.5) is 0 Å². The average molecular weight is 239 g/mol. The zero-order valence-electron chi connectivity index (χ0n) is 11.6. The van der Waals surface area contributed by atoms with Crippen molar-refractivity contribution in [1.82, 2.24) is 14.5 Å². The van der Waals surface area contributed by atoms with Crippen molar-refractivity contribution in [3.63, 3.8) is 0 Å². The Hall–Kier alpha value is -0.870. The van der Waals surface area contributed by atoms with E-state index in [1.54, 1.807) is 6.20 Å². The number of hydrogen-bond donors (Lipinski definition) is 1. The van der Waals surface area contributed by atoms with Gasteiger partial charge >= 0.3 is 0 Å². The molecule has 0 fully saturated rings. The van der Waals surface area contributed by atoms with Crippen molar-refractivity contribution >= 4 is 0 Å². The lowest BCUT2D eigenvalue weighted by Gasteiger charge is -2.42. The minimum Gasteiger partial charge on any atom is -0.391 e. The summed E-state index contributed by atoms with van der Waals surface area (Å²) < 4.78 is 1.97. The molecule has 0 saturated heterocycles. The molecule has 1 atom stereocenters. The molecule has 1 rings (SSSR count). The maximum absolute atomic E-state index is 10.5. The van der Waals surface area contributed by atoms with Gasteiger partial charge in [-0.05, 0) is 26.9 Å². The monoisotopic (exact) mass is 239 g/mol. The van der Waals surface area contributed by atoms with Crippen LogP contribution in [-0.2, 0) is 13.5 Å². The van der Waals surface area contributed by atoms with Crippen LogP contribution in [0.3, 0.4) is 0 Å². The molecular formula is C13H25N3O. The minimum absolute atomic E-state index is 0.161. The maximum atomic E-state index is 10.5. The lowest BCUT2D eigenvalue weighted by atomic mass is 9.83. The zero-order chi connectivity index (χ0) is 13.1. The van der Waals surface area contributed by atoms with E-state index in [1.807, 2.05) is 31.9 Å². The van der Waals surface area contributed by atoms with E-state index in [1.165, 1.54) is 0 Å². The van der Waals surface area contributed by atoms with E-state index in [2.05, 4.69) is 23.7 Å². The number of likely N-dealkylation sites (N-methyl/N-ethyl adjacent to an activating group) is 1. The summed E-state index contributed by atoms with van der Waals surface area (Å²) in [6.07, 6.45) is 5.76. The van der Waals surface area contributed by atoms with E-state index >= 15 is 0 Å². The van der Waals surface area contributed by atoms with Crippen LogP contribution in [0.25, 0.3) is 0 Å². The molecule has 0 saturated carbocycles. The van der Waals surface area contributed by atoms with Gasteiger partial charge in [0.25, 0.3) is 0 Å². The van der Waals surface area contributed by atoms with E-state index in [-0.39, 0.29) is 5.54 Å². The first-order valence-electron chi connectivity index (χ1n) is 6.29. The summed E-state index contributed by atoms with van der Waals surface area (Å²) in [5, 5.41) is 10.5. The van der Waals surface area contributed by atoms with Gasteiger partial charge in [0.05, 0.1) is 6.10 Å². The summed E-state index contributed by atoms with van der Waals surface area (Å²) in [7, 11) is 6.04. The Morgan fingerprint density at radius 3 is 2.35 bits per heavy atom. The van der Waals surface area contributed by atoms with Crippen molar-refractivity contribution in [3.05, 3.63) is 18.2 Å². The second kappa shape index (κ2) is 5.65. The third-order valence-corrected chi connectivity index (χ3v) is 4.03. The van der Waals surface area contributed by atoms with Gasteiger partial charge in [0.1, 0.15) is 5.82 Å². The van der Waals surface area contributed by atoms with Crippen molar-refractivity contribution in [3.8, 4) is 0 Å². The molecule has 1 aromatic heterocycles. The molecule has 1 unspecified atom stereocenters. The molecule has 0 aromatic carbocycles. The highest BCUT2D eigenvalue weighted by Crippen LogP contribution is 2.27. The van der Waals surface area contributed by atoms with Gasteiger partial charge in [-0.3, -0.25) is 0 Å². The molecular weight excluding hydrogens is 214 g/mol. The number of aliphatic hydroxyl groups is 1. The normalized spacial score (nSPS) is 14.3. The van der Waals surface area contributed by atoms with Gasteiger partial charge in [0.2, 0.25) is 0 Å². The fourth-order valence-electron chi connectivity index (χ4n) is 2.61. The van der Waals surface area contributed by atoms with Crippen molar-refractivity contribution < 1.29 is 5.11 Å². The summed E-state index contributed by atoms with van der Waals surface area (Å²) in [4.78, 5) is 6.42. The first-order valence-corrected chi connectivity index (χ1v) is 6.29. The summed E-state index contributed by atoms with van der Waals surface area (Å²) in [5.74, 6) is 0.936. The molecule has 0 radical (unpaired) electrons. The van der Waals surface area contributed by atoms with Gasteiger partial charge in [-0.15, -0.1) is 0 Å². The van der Waals surface area contributed by atoms with E-state index in [0.29, 0.717) is 6.42 Å². The SMILES string of the molecule is CCC(CC)(C(O)Cc1nccn1C)N(C)C. The predicted octanol–water partition coefficient (Wildman–Crippen LogP) is 1.44. The lowest BCUT2D eigenvalue weighted by Crippen LogP contribution is -2.53. The number of imidazole rings is 1. The molecule has 1 aromatic rings. The predicted molar refractivity (Wildman–Crippen MR) is 69.9 cm³/mol. The van der Waals surface area contributed by atoms with Crippen LogP contribution >= 0.6 is 0 Å². The summed E-state index contributed by atoms with van der Waals surface area (Å²) in [6.45, 7) is 4.26. The van der Waals surface area contributed by atoms with Crippen LogP contribution in [0.2, 0.25) is 0 Å². The third-order valence-electron chi connectivity index (χ3n) is 4.03. The van der Waals surface area contributed by atoms with Crippen LogP contribution in [0.5, 0.6) is 0 Å². The maximum Gasteiger partial charge on any atom is 0.111 e. The van der Waals surface area contributed by atoms with Crippen molar-refractivity contribution in [2.45, 2.75) is 44.8 Å². The van der Waals surface area contributed by atoms with Crippen molar-refractivity contribution in [2.24, 2.45) is 7.05 Å². The first kappa shape index (κ1) is 14.2. The Labute approximate surface area is 104 Å². The standard InChI is InChI=1S/C13H25N3O/c1-6-13(7-2,15(3)4)11(17)10-12-14-8-9-16(12)5/h8-9,11,17H,6-7,10H2,1-5H3. The highest BCUT2D eigenvalue weighted by molar-refractivity contribution is 5.00. The lowest BCUT2D eigenvalue weighted by molar-refractivity contribution is -0.0139. The molecule has 4 nitrogen and oxygen atoms in total. The number of aromatic nitrogens is 2. The fourth-order valence-corrected chi connectivity index (χ4v) is 2.61. The van der Waals surface area contributed by atoms with E-state index < -0.39 is 6.10 Å². The number of nitrogens with zero attached hydrogens (tertiary/aromatic N) is 3. The van der Waals surface area contributed by atoms with Crippen LogP contribution in [0, 0.1) is 0 Å².